The highest BCUT2D eigenvalue weighted by molar-refractivity contribution is 7.86. The Balaban J connectivity index is 2.91. The lowest BCUT2D eigenvalue weighted by Gasteiger charge is -2.10. The molecule has 0 aliphatic rings. The first-order valence-electron chi connectivity index (χ1n) is 4.56. The normalized spacial score (nSPS) is 13.8. The quantitative estimate of drug-likeness (QED) is 0.786. The fourth-order valence-corrected chi connectivity index (χ4v) is 2.08. The molecule has 1 aromatic carbocycles. The van der Waals surface area contributed by atoms with Crippen LogP contribution in [0.25, 0.3) is 0 Å². The Labute approximate surface area is 89.6 Å². The zero-order valence-corrected chi connectivity index (χ0v) is 9.49. The second-order valence-corrected chi connectivity index (χ2v) is 4.93. The summed E-state index contributed by atoms with van der Waals surface area (Å²) in [6, 6.07) is 6.35. The van der Waals surface area contributed by atoms with Gasteiger partial charge >= 0.3 is 0 Å². The monoisotopic (exact) mass is 230 g/mol. The zero-order chi connectivity index (χ0) is 11.5. The highest BCUT2D eigenvalue weighted by atomic mass is 32.2. The number of aryl methyl sites for hydroxylation is 1. The first-order chi connectivity index (χ1) is 6.95. The van der Waals surface area contributed by atoms with Crippen LogP contribution in [0.2, 0.25) is 0 Å². The molecule has 0 bridgehead atoms. The van der Waals surface area contributed by atoms with E-state index in [0.29, 0.717) is 0 Å². The van der Waals surface area contributed by atoms with E-state index in [2.05, 4.69) is 0 Å². The van der Waals surface area contributed by atoms with Crippen LogP contribution in [-0.2, 0) is 14.3 Å². The van der Waals surface area contributed by atoms with E-state index >= 15 is 0 Å². The van der Waals surface area contributed by atoms with E-state index in [1.807, 2.05) is 6.92 Å². The molecule has 1 aromatic rings. The van der Waals surface area contributed by atoms with Crippen molar-refractivity contribution in [2.75, 3.05) is 6.61 Å². The van der Waals surface area contributed by atoms with Crippen molar-refractivity contribution in [2.24, 2.45) is 0 Å². The molecule has 0 saturated heterocycles. The second-order valence-electron chi connectivity index (χ2n) is 3.36. The summed E-state index contributed by atoms with van der Waals surface area (Å²) in [5.74, 6) is 0. The summed E-state index contributed by atoms with van der Waals surface area (Å²) < 4.78 is 27.9. The molecule has 0 fully saturated rings. The summed E-state index contributed by atoms with van der Waals surface area (Å²) in [5, 5.41) is 8.70. The Morgan fingerprint density at radius 3 is 2.33 bits per heavy atom. The van der Waals surface area contributed by atoms with Crippen LogP contribution in [0.1, 0.15) is 12.5 Å². The average Bonchev–Trinajstić information content (AvgIpc) is 2.17. The lowest BCUT2D eigenvalue weighted by atomic mass is 10.2. The van der Waals surface area contributed by atoms with Crippen molar-refractivity contribution in [1.29, 1.82) is 0 Å². The SMILES string of the molecule is Cc1ccc(S(=O)(=O)O[C@@H](C)CO)cc1. The molecular formula is C10H14O4S. The molecule has 0 spiro atoms. The zero-order valence-electron chi connectivity index (χ0n) is 8.67. The Kier molecular flexibility index (Phi) is 3.84. The molecule has 0 heterocycles. The van der Waals surface area contributed by atoms with E-state index in [9.17, 15) is 8.42 Å². The molecule has 84 valence electrons. The standard InChI is InChI=1S/C10H14O4S/c1-8-3-5-10(6-4-8)15(12,13)14-9(2)7-11/h3-6,9,11H,7H2,1-2H3/t9-/m0/s1. The van der Waals surface area contributed by atoms with Gasteiger partial charge in [-0.1, -0.05) is 17.7 Å². The number of aliphatic hydroxyl groups is 1. The molecular weight excluding hydrogens is 216 g/mol. The fourth-order valence-electron chi connectivity index (χ4n) is 1.01. The fraction of sp³-hybridized carbons (Fsp3) is 0.400. The van der Waals surface area contributed by atoms with Crippen molar-refractivity contribution in [2.45, 2.75) is 24.8 Å². The van der Waals surface area contributed by atoms with Crippen molar-refractivity contribution in [1.82, 2.24) is 0 Å². The minimum Gasteiger partial charge on any atom is -0.394 e. The summed E-state index contributed by atoms with van der Waals surface area (Å²) in [6.07, 6.45) is -0.726. The van der Waals surface area contributed by atoms with Gasteiger partial charge in [0.1, 0.15) is 0 Å². The van der Waals surface area contributed by atoms with Crippen LogP contribution in [0.4, 0.5) is 0 Å². The Hall–Kier alpha value is -0.910. The predicted octanol–water partition coefficient (Wildman–Crippen LogP) is 1.08. The molecule has 5 heteroatoms. The maximum absolute atomic E-state index is 11.6. The second kappa shape index (κ2) is 4.74. The average molecular weight is 230 g/mol. The molecule has 4 nitrogen and oxygen atoms in total. The maximum atomic E-state index is 11.6. The molecule has 0 amide bonds. The van der Waals surface area contributed by atoms with E-state index in [-0.39, 0.29) is 11.5 Å². The Bertz CT molecular complexity index is 408. The van der Waals surface area contributed by atoms with Gasteiger partial charge in [-0.15, -0.1) is 0 Å². The third kappa shape index (κ3) is 3.30. The largest absolute Gasteiger partial charge is 0.394 e. The molecule has 1 atom stereocenters. The van der Waals surface area contributed by atoms with Gasteiger partial charge in [0.2, 0.25) is 0 Å². The topological polar surface area (TPSA) is 63.6 Å². The Morgan fingerprint density at radius 2 is 1.87 bits per heavy atom. The van der Waals surface area contributed by atoms with Gasteiger partial charge in [0.05, 0.1) is 17.6 Å². The van der Waals surface area contributed by atoms with Gasteiger partial charge in [0.25, 0.3) is 10.1 Å². The van der Waals surface area contributed by atoms with Crippen molar-refractivity contribution in [3.63, 3.8) is 0 Å². The van der Waals surface area contributed by atoms with Crippen molar-refractivity contribution in [3.05, 3.63) is 29.8 Å². The molecule has 1 N–H and O–H groups in total. The van der Waals surface area contributed by atoms with E-state index in [1.165, 1.54) is 19.1 Å². The van der Waals surface area contributed by atoms with Crippen molar-refractivity contribution < 1.29 is 17.7 Å². The predicted molar refractivity (Wildman–Crippen MR) is 56.0 cm³/mol. The van der Waals surface area contributed by atoms with E-state index in [4.69, 9.17) is 9.29 Å². The van der Waals surface area contributed by atoms with Gasteiger partial charge in [-0.25, -0.2) is 0 Å². The molecule has 0 radical (unpaired) electrons. The van der Waals surface area contributed by atoms with E-state index < -0.39 is 16.2 Å². The third-order valence-electron chi connectivity index (χ3n) is 1.86. The summed E-state index contributed by atoms with van der Waals surface area (Å²) >= 11 is 0. The van der Waals surface area contributed by atoms with Gasteiger partial charge < -0.3 is 5.11 Å². The molecule has 1 rings (SSSR count). The van der Waals surface area contributed by atoms with E-state index in [1.54, 1.807) is 12.1 Å². The van der Waals surface area contributed by atoms with Gasteiger partial charge in [-0.2, -0.15) is 8.42 Å². The van der Waals surface area contributed by atoms with Gasteiger partial charge in [-0.3, -0.25) is 4.18 Å². The van der Waals surface area contributed by atoms with Gasteiger partial charge in [0.15, 0.2) is 0 Å². The van der Waals surface area contributed by atoms with Crippen LogP contribution < -0.4 is 0 Å². The maximum Gasteiger partial charge on any atom is 0.297 e. The van der Waals surface area contributed by atoms with E-state index in [0.717, 1.165) is 5.56 Å². The number of benzene rings is 1. The van der Waals surface area contributed by atoms with Crippen molar-refractivity contribution >= 4 is 10.1 Å². The molecule has 0 aliphatic carbocycles. The van der Waals surface area contributed by atoms with Crippen LogP contribution in [0.3, 0.4) is 0 Å². The molecule has 0 aromatic heterocycles. The Morgan fingerprint density at radius 1 is 1.33 bits per heavy atom. The highest BCUT2D eigenvalue weighted by Gasteiger charge is 2.17. The van der Waals surface area contributed by atoms with Gasteiger partial charge in [-0.05, 0) is 26.0 Å². The summed E-state index contributed by atoms with van der Waals surface area (Å²) in [7, 11) is -3.75. The van der Waals surface area contributed by atoms with Crippen LogP contribution in [0.15, 0.2) is 29.2 Å². The summed E-state index contributed by atoms with van der Waals surface area (Å²) in [6.45, 7) is 3.03. The number of hydrogen-bond donors (Lipinski definition) is 1. The number of aliphatic hydroxyl groups excluding tert-OH is 1. The lowest BCUT2D eigenvalue weighted by Crippen LogP contribution is -2.18. The summed E-state index contributed by atoms with van der Waals surface area (Å²) in [4.78, 5) is 0.105. The summed E-state index contributed by atoms with van der Waals surface area (Å²) in [5.41, 5.74) is 0.976. The van der Waals surface area contributed by atoms with Gasteiger partial charge in [0, 0.05) is 0 Å². The third-order valence-corrected chi connectivity index (χ3v) is 3.29. The number of hydrogen-bond acceptors (Lipinski definition) is 4. The van der Waals surface area contributed by atoms with Crippen LogP contribution in [-0.4, -0.2) is 26.2 Å². The lowest BCUT2D eigenvalue weighted by molar-refractivity contribution is 0.135. The molecule has 15 heavy (non-hydrogen) atoms. The smallest absolute Gasteiger partial charge is 0.297 e. The first kappa shape index (κ1) is 12.2. The van der Waals surface area contributed by atoms with Crippen molar-refractivity contribution in [3.8, 4) is 0 Å². The van der Waals surface area contributed by atoms with Crippen LogP contribution >= 0.6 is 0 Å². The molecule has 0 aliphatic heterocycles. The van der Waals surface area contributed by atoms with Crippen LogP contribution in [0, 0.1) is 6.92 Å². The minimum absolute atomic E-state index is 0.105. The molecule has 0 saturated carbocycles. The highest BCUT2D eigenvalue weighted by Crippen LogP contribution is 2.14. The number of rotatable bonds is 4. The minimum atomic E-state index is -3.75. The van der Waals surface area contributed by atoms with Crippen LogP contribution in [0.5, 0.6) is 0 Å². The molecule has 0 unspecified atom stereocenters. The first-order valence-corrected chi connectivity index (χ1v) is 5.97.